The largest absolute Gasteiger partial charge is 0.444 e. The van der Waals surface area contributed by atoms with Crippen LogP contribution >= 0.6 is 0 Å². The number of anilines is 1. The number of rotatable bonds is 3. The van der Waals surface area contributed by atoms with E-state index in [1.54, 1.807) is 4.90 Å². The Labute approximate surface area is 165 Å². The number of carbonyl (C=O) groups is 3. The SMILES string of the molecule is CC(C)(C)OC(=O)N1CCC(c2ccc(N[C@@H]3CCC(=O)NC3=O)cc2)CC1. The molecular formula is C21H29N3O4. The molecule has 0 aliphatic carbocycles. The Morgan fingerprint density at radius 3 is 2.32 bits per heavy atom. The minimum Gasteiger partial charge on any atom is -0.444 e. The number of nitrogens with zero attached hydrogens (tertiary/aromatic N) is 1. The van der Waals surface area contributed by atoms with Crippen molar-refractivity contribution in [3.8, 4) is 0 Å². The maximum Gasteiger partial charge on any atom is 0.410 e. The number of likely N-dealkylation sites (tertiary alicyclic amines) is 1. The van der Waals surface area contributed by atoms with Crippen LogP contribution in [0, 0.1) is 0 Å². The lowest BCUT2D eigenvalue weighted by atomic mass is 9.89. The highest BCUT2D eigenvalue weighted by Gasteiger charge is 2.28. The lowest BCUT2D eigenvalue weighted by molar-refractivity contribution is -0.133. The first kappa shape index (κ1) is 20.2. The predicted octanol–water partition coefficient (Wildman–Crippen LogP) is 3.02. The van der Waals surface area contributed by atoms with Crippen molar-refractivity contribution in [3.05, 3.63) is 29.8 Å². The van der Waals surface area contributed by atoms with Gasteiger partial charge in [0.1, 0.15) is 11.6 Å². The Morgan fingerprint density at radius 1 is 1.11 bits per heavy atom. The number of hydrogen-bond donors (Lipinski definition) is 2. The molecule has 3 rings (SSSR count). The lowest BCUT2D eigenvalue weighted by Gasteiger charge is -2.33. The number of carbonyl (C=O) groups excluding carboxylic acids is 3. The third kappa shape index (κ3) is 5.24. The number of benzene rings is 1. The molecule has 0 unspecified atom stereocenters. The van der Waals surface area contributed by atoms with E-state index in [1.807, 2.05) is 32.9 Å². The third-order valence-electron chi connectivity index (χ3n) is 5.11. The van der Waals surface area contributed by atoms with Gasteiger partial charge in [0.05, 0.1) is 0 Å². The Morgan fingerprint density at radius 2 is 1.75 bits per heavy atom. The van der Waals surface area contributed by atoms with E-state index >= 15 is 0 Å². The fraction of sp³-hybridized carbons (Fsp3) is 0.571. The van der Waals surface area contributed by atoms with Gasteiger partial charge in [-0.1, -0.05) is 12.1 Å². The second-order valence-electron chi connectivity index (χ2n) is 8.51. The van der Waals surface area contributed by atoms with Crippen molar-refractivity contribution in [3.63, 3.8) is 0 Å². The minimum absolute atomic E-state index is 0.212. The number of imide groups is 1. The average molecular weight is 387 g/mol. The van der Waals surface area contributed by atoms with Gasteiger partial charge in [-0.2, -0.15) is 0 Å². The van der Waals surface area contributed by atoms with Crippen LogP contribution in [0.4, 0.5) is 10.5 Å². The second kappa shape index (κ2) is 8.20. The molecule has 2 saturated heterocycles. The highest BCUT2D eigenvalue weighted by Crippen LogP contribution is 2.29. The van der Waals surface area contributed by atoms with E-state index in [4.69, 9.17) is 4.74 Å². The molecule has 2 aliphatic rings. The zero-order valence-electron chi connectivity index (χ0n) is 16.8. The summed E-state index contributed by atoms with van der Waals surface area (Å²) in [6.45, 7) is 7.01. The van der Waals surface area contributed by atoms with Gasteiger partial charge in [-0.05, 0) is 63.6 Å². The maximum atomic E-state index is 12.2. The van der Waals surface area contributed by atoms with E-state index < -0.39 is 5.60 Å². The van der Waals surface area contributed by atoms with Crippen molar-refractivity contribution in [2.45, 2.75) is 64.0 Å². The molecular weight excluding hydrogens is 358 g/mol. The van der Waals surface area contributed by atoms with Crippen LogP contribution in [-0.2, 0) is 14.3 Å². The Hall–Kier alpha value is -2.57. The second-order valence-corrected chi connectivity index (χ2v) is 8.51. The standard InChI is InChI=1S/C21H29N3O4/c1-21(2,3)28-20(27)24-12-10-15(11-13-24)14-4-6-16(7-5-14)22-17-8-9-18(25)23-19(17)26/h4-7,15,17,22H,8-13H2,1-3H3,(H,23,25,26)/t17-/m1/s1. The van der Waals surface area contributed by atoms with Gasteiger partial charge >= 0.3 is 6.09 Å². The Bertz CT molecular complexity index is 731. The van der Waals surface area contributed by atoms with Gasteiger partial charge in [-0.3, -0.25) is 14.9 Å². The summed E-state index contributed by atoms with van der Waals surface area (Å²) in [5.41, 5.74) is 1.63. The van der Waals surface area contributed by atoms with Crippen LogP contribution in [0.3, 0.4) is 0 Å². The van der Waals surface area contributed by atoms with Gasteiger partial charge in [-0.25, -0.2) is 4.79 Å². The number of ether oxygens (including phenoxy) is 1. The number of nitrogens with one attached hydrogen (secondary N) is 2. The number of hydrogen-bond acceptors (Lipinski definition) is 5. The number of piperidine rings is 2. The highest BCUT2D eigenvalue weighted by atomic mass is 16.6. The van der Waals surface area contributed by atoms with E-state index in [0.717, 1.165) is 18.5 Å². The molecule has 2 heterocycles. The van der Waals surface area contributed by atoms with Crippen molar-refractivity contribution in [1.82, 2.24) is 10.2 Å². The summed E-state index contributed by atoms with van der Waals surface area (Å²) < 4.78 is 5.45. The molecule has 0 bridgehead atoms. The van der Waals surface area contributed by atoms with Gasteiger partial charge in [0.15, 0.2) is 0 Å². The fourth-order valence-electron chi connectivity index (χ4n) is 3.61. The van der Waals surface area contributed by atoms with Crippen LogP contribution in [0.5, 0.6) is 0 Å². The van der Waals surface area contributed by atoms with Gasteiger partial charge < -0.3 is 15.0 Å². The summed E-state index contributed by atoms with van der Waals surface area (Å²) in [5, 5.41) is 5.55. The van der Waals surface area contributed by atoms with Gasteiger partial charge in [0.25, 0.3) is 0 Å². The molecule has 2 N–H and O–H groups in total. The summed E-state index contributed by atoms with van der Waals surface area (Å²) >= 11 is 0. The predicted molar refractivity (Wildman–Crippen MR) is 106 cm³/mol. The minimum atomic E-state index is -0.473. The summed E-state index contributed by atoms with van der Waals surface area (Å²) in [4.78, 5) is 37.0. The third-order valence-corrected chi connectivity index (χ3v) is 5.11. The summed E-state index contributed by atoms with van der Waals surface area (Å²) in [5.74, 6) is -0.0747. The molecule has 7 heteroatoms. The molecule has 1 aromatic carbocycles. The van der Waals surface area contributed by atoms with Crippen LogP contribution in [0.25, 0.3) is 0 Å². The van der Waals surface area contributed by atoms with Crippen LogP contribution < -0.4 is 10.6 Å². The molecule has 0 spiro atoms. The van der Waals surface area contributed by atoms with Crippen molar-refractivity contribution in [1.29, 1.82) is 0 Å². The van der Waals surface area contributed by atoms with Crippen molar-refractivity contribution < 1.29 is 19.1 Å². The van der Waals surface area contributed by atoms with Crippen molar-refractivity contribution in [2.24, 2.45) is 0 Å². The monoisotopic (exact) mass is 387 g/mol. The molecule has 0 saturated carbocycles. The summed E-state index contributed by atoms with van der Waals surface area (Å²) in [7, 11) is 0. The lowest BCUT2D eigenvalue weighted by Crippen LogP contribution is -2.47. The molecule has 0 radical (unpaired) electrons. The smallest absolute Gasteiger partial charge is 0.410 e. The first-order valence-electron chi connectivity index (χ1n) is 9.89. The molecule has 3 amide bonds. The average Bonchev–Trinajstić information content (AvgIpc) is 2.63. The topological polar surface area (TPSA) is 87.7 Å². The first-order chi connectivity index (χ1) is 13.2. The van der Waals surface area contributed by atoms with Crippen molar-refractivity contribution >= 4 is 23.6 Å². The van der Waals surface area contributed by atoms with E-state index in [2.05, 4.69) is 22.8 Å². The van der Waals surface area contributed by atoms with Crippen molar-refractivity contribution in [2.75, 3.05) is 18.4 Å². The molecule has 0 aromatic heterocycles. The summed E-state index contributed by atoms with van der Waals surface area (Å²) in [6, 6.07) is 7.71. The Balaban J connectivity index is 1.51. The molecule has 152 valence electrons. The zero-order chi connectivity index (χ0) is 20.3. The first-order valence-corrected chi connectivity index (χ1v) is 9.89. The molecule has 7 nitrogen and oxygen atoms in total. The van der Waals surface area contributed by atoms with Crippen LogP contribution in [0.1, 0.15) is 57.9 Å². The summed E-state index contributed by atoms with van der Waals surface area (Å²) in [6.07, 6.45) is 2.43. The molecule has 1 atom stereocenters. The van der Waals surface area contributed by atoms with Gasteiger partial charge in [-0.15, -0.1) is 0 Å². The van der Waals surface area contributed by atoms with Gasteiger partial charge in [0, 0.05) is 25.2 Å². The fourth-order valence-corrected chi connectivity index (χ4v) is 3.61. The normalized spacial score (nSPS) is 21.2. The van der Waals surface area contributed by atoms with E-state index in [9.17, 15) is 14.4 Å². The quantitative estimate of drug-likeness (QED) is 0.779. The van der Waals surface area contributed by atoms with E-state index in [-0.39, 0.29) is 23.9 Å². The highest BCUT2D eigenvalue weighted by molar-refractivity contribution is 6.01. The van der Waals surface area contributed by atoms with Gasteiger partial charge in [0.2, 0.25) is 11.8 Å². The molecule has 2 aliphatic heterocycles. The zero-order valence-corrected chi connectivity index (χ0v) is 16.8. The maximum absolute atomic E-state index is 12.2. The van der Waals surface area contributed by atoms with E-state index in [1.165, 1.54) is 5.56 Å². The molecule has 1 aromatic rings. The number of amides is 3. The molecule has 28 heavy (non-hydrogen) atoms. The van der Waals surface area contributed by atoms with Crippen LogP contribution in [-0.4, -0.2) is 47.5 Å². The van der Waals surface area contributed by atoms with E-state index in [0.29, 0.717) is 31.8 Å². The van der Waals surface area contributed by atoms with Crippen LogP contribution in [0.2, 0.25) is 0 Å². The molecule has 2 fully saturated rings. The van der Waals surface area contributed by atoms with Crippen LogP contribution in [0.15, 0.2) is 24.3 Å². The Kier molecular flexibility index (Phi) is 5.91.